The number of rotatable bonds is 4. The highest BCUT2D eigenvalue weighted by molar-refractivity contribution is 7.09. The van der Waals surface area contributed by atoms with Crippen LogP contribution < -0.4 is 0 Å². The molecule has 1 unspecified atom stereocenters. The van der Waals surface area contributed by atoms with Crippen molar-refractivity contribution >= 4 is 22.9 Å². The van der Waals surface area contributed by atoms with Crippen LogP contribution in [0, 0.1) is 0 Å². The standard InChI is InChI=1S/C13H13ClOS/c14-12-5-3-10(4-6-12)11(9-15)8-13-2-1-7-16-13/h1-7,11,15H,8-9H2. The second-order valence-electron chi connectivity index (χ2n) is 3.71. The number of aliphatic hydroxyl groups is 1. The summed E-state index contributed by atoms with van der Waals surface area (Å²) in [6.07, 6.45) is 0.885. The Kier molecular flexibility index (Phi) is 3.99. The van der Waals surface area contributed by atoms with Gasteiger partial charge >= 0.3 is 0 Å². The highest BCUT2D eigenvalue weighted by Gasteiger charge is 2.11. The molecule has 1 nitrogen and oxygen atoms in total. The van der Waals surface area contributed by atoms with E-state index in [1.807, 2.05) is 30.3 Å². The molecule has 0 fully saturated rings. The SMILES string of the molecule is OCC(Cc1cccs1)c1ccc(Cl)cc1. The number of benzene rings is 1. The molecular weight excluding hydrogens is 240 g/mol. The van der Waals surface area contributed by atoms with Crippen LogP contribution in [0.25, 0.3) is 0 Å². The van der Waals surface area contributed by atoms with Crippen molar-refractivity contribution in [1.29, 1.82) is 0 Å². The van der Waals surface area contributed by atoms with E-state index >= 15 is 0 Å². The molecule has 16 heavy (non-hydrogen) atoms. The van der Waals surface area contributed by atoms with Crippen molar-refractivity contribution in [3.8, 4) is 0 Å². The van der Waals surface area contributed by atoms with Crippen LogP contribution in [0.2, 0.25) is 5.02 Å². The second kappa shape index (κ2) is 5.48. The maximum absolute atomic E-state index is 9.42. The van der Waals surface area contributed by atoms with Gasteiger partial charge in [-0.3, -0.25) is 0 Å². The summed E-state index contributed by atoms with van der Waals surface area (Å²) in [5.74, 6) is 0.163. The van der Waals surface area contributed by atoms with Crippen molar-refractivity contribution in [3.63, 3.8) is 0 Å². The first-order chi connectivity index (χ1) is 7.79. The first-order valence-corrected chi connectivity index (χ1v) is 6.44. The van der Waals surface area contributed by atoms with Gasteiger partial charge in [0.15, 0.2) is 0 Å². The van der Waals surface area contributed by atoms with Crippen molar-refractivity contribution in [2.75, 3.05) is 6.61 Å². The van der Waals surface area contributed by atoms with E-state index in [2.05, 4.69) is 11.4 Å². The molecule has 0 saturated carbocycles. The van der Waals surface area contributed by atoms with Gasteiger partial charge in [-0.05, 0) is 35.6 Å². The van der Waals surface area contributed by atoms with Crippen LogP contribution in [-0.4, -0.2) is 11.7 Å². The minimum atomic E-state index is 0.163. The summed E-state index contributed by atoms with van der Waals surface area (Å²) in [4.78, 5) is 1.30. The molecule has 3 heteroatoms. The molecule has 1 aromatic heterocycles. The largest absolute Gasteiger partial charge is 0.396 e. The molecule has 0 radical (unpaired) electrons. The van der Waals surface area contributed by atoms with Crippen LogP contribution in [0.15, 0.2) is 41.8 Å². The summed E-state index contributed by atoms with van der Waals surface area (Å²) in [6, 6.07) is 11.8. The van der Waals surface area contributed by atoms with E-state index in [0.717, 1.165) is 17.0 Å². The molecule has 2 aromatic rings. The lowest BCUT2D eigenvalue weighted by molar-refractivity contribution is 0.265. The normalized spacial score (nSPS) is 12.6. The van der Waals surface area contributed by atoms with Crippen molar-refractivity contribution in [1.82, 2.24) is 0 Å². The molecule has 1 N–H and O–H groups in total. The van der Waals surface area contributed by atoms with Crippen LogP contribution >= 0.6 is 22.9 Å². The van der Waals surface area contributed by atoms with E-state index in [-0.39, 0.29) is 12.5 Å². The number of hydrogen-bond donors (Lipinski definition) is 1. The van der Waals surface area contributed by atoms with Crippen molar-refractivity contribution in [2.24, 2.45) is 0 Å². The molecule has 0 bridgehead atoms. The zero-order valence-electron chi connectivity index (χ0n) is 8.77. The monoisotopic (exact) mass is 252 g/mol. The number of thiophene rings is 1. The predicted molar refractivity (Wildman–Crippen MR) is 69.3 cm³/mol. The van der Waals surface area contributed by atoms with Gasteiger partial charge in [-0.1, -0.05) is 29.8 Å². The lowest BCUT2D eigenvalue weighted by Crippen LogP contribution is -2.06. The Hall–Kier alpha value is -0.830. The van der Waals surface area contributed by atoms with E-state index in [9.17, 15) is 5.11 Å². The van der Waals surface area contributed by atoms with Crippen molar-refractivity contribution in [3.05, 3.63) is 57.2 Å². The first-order valence-electron chi connectivity index (χ1n) is 5.18. The van der Waals surface area contributed by atoms with Gasteiger partial charge in [-0.25, -0.2) is 0 Å². The fourth-order valence-corrected chi connectivity index (χ4v) is 2.61. The summed E-state index contributed by atoms with van der Waals surface area (Å²) >= 11 is 7.57. The Morgan fingerprint density at radius 2 is 1.94 bits per heavy atom. The molecule has 1 heterocycles. The summed E-state index contributed by atoms with van der Waals surface area (Å²) in [6.45, 7) is 0.166. The summed E-state index contributed by atoms with van der Waals surface area (Å²) in [5.41, 5.74) is 1.14. The van der Waals surface area contributed by atoms with Gasteiger partial charge in [0.2, 0.25) is 0 Å². The molecule has 84 valence electrons. The Morgan fingerprint density at radius 1 is 1.19 bits per heavy atom. The third-order valence-corrected chi connectivity index (χ3v) is 3.74. The van der Waals surface area contributed by atoms with E-state index < -0.39 is 0 Å². The van der Waals surface area contributed by atoms with Crippen LogP contribution in [0.5, 0.6) is 0 Å². The molecule has 0 aliphatic heterocycles. The topological polar surface area (TPSA) is 20.2 Å². The van der Waals surface area contributed by atoms with Crippen LogP contribution in [0.4, 0.5) is 0 Å². The quantitative estimate of drug-likeness (QED) is 0.879. The zero-order chi connectivity index (χ0) is 11.4. The molecular formula is C13H13ClOS. The van der Waals surface area contributed by atoms with E-state index in [4.69, 9.17) is 11.6 Å². The van der Waals surface area contributed by atoms with Gasteiger partial charge in [0.25, 0.3) is 0 Å². The van der Waals surface area contributed by atoms with Gasteiger partial charge in [0, 0.05) is 15.8 Å². The van der Waals surface area contributed by atoms with Gasteiger partial charge < -0.3 is 5.11 Å². The van der Waals surface area contributed by atoms with Crippen molar-refractivity contribution < 1.29 is 5.11 Å². The number of halogens is 1. The average molecular weight is 253 g/mol. The maximum Gasteiger partial charge on any atom is 0.0503 e. The second-order valence-corrected chi connectivity index (χ2v) is 5.18. The van der Waals surface area contributed by atoms with E-state index in [1.54, 1.807) is 11.3 Å². The molecule has 0 aliphatic carbocycles. The number of hydrogen-bond acceptors (Lipinski definition) is 2. The molecule has 0 amide bonds. The molecule has 0 aliphatic rings. The summed E-state index contributed by atoms with van der Waals surface area (Å²) < 4.78 is 0. The first kappa shape index (κ1) is 11.6. The lowest BCUT2D eigenvalue weighted by Gasteiger charge is -2.13. The molecule has 2 rings (SSSR count). The minimum Gasteiger partial charge on any atom is -0.396 e. The Balaban J connectivity index is 2.13. The van der Waals surface area contributed by atoms with Gasteiger partial charge in [-0.2, -0.15) is 0 Å². The smallest absolute Gasteiger partial charge is 0.0503 e. The highest BCUT2D eigenvalue weighted by atomic mass is 35.5. The number of aliphatic hydroxyl groups excluding tert-OH is 1. The van der Waals surface area contributed by atoms with E-state index in [1.165, 1.54) is 4.88 Å². The summed E-state index contributed by atoms with van der Waals surface area (Å²) in [7, 11) is 0. The fourth-order valence-electron chi connectivity index (χ4n) is 1.69. The van der Waals surface area contributed by atoms with Crippen LogP contribution in [0.3, 0.4) is 0 Å². The predicted octanol–water partition coefficient (Wildman–Crippen LogP) is 3.72. The fraction of sp³-hybridized carbons (Fsp3) is 0.231. The minimum absolute atomic E-state index is 0.163. The Bertz CT molecular complexity index is 422. The van der Waals surface area contributed by atoms with Gasteiger partial charge in [0.05, 0.1) is 6.61 Å². The van der Waals surface area contributed by atoms with E-state index in [0.29, 0.717) is 0 Å². The van der Waals surface area contributed by atoms with Crippen LogP contribution in [0.1, 0.15) is 16.4 Å². The molecule has 0 spiro atoms. The Labute approximate surface area is 104 Å². The van der Waals surface area contributed by atoms with Gasteiger partial charge in [-0.15, -0.1) is 11.3 Å². The average Bonchev–Trinajstić information content (AvgIpc) is 2.80. The zero-order valence-corrected chi connectivity index (χ0v) is 10.3. The third-order valence-electron chi connectivity index (χ3n) is 2.59. The van der Waals surface area contributed by atoms with Crippen molar-refractivity contribution in [2.45, 2.75) is 12.3 Å². The third kappa shape index (κ3) is 2.85. The van der Waals surface area contributed by atoms with Crippen LogP contribution in [-0.2, 0) is 6.42 Å². The molecule has 1 atom stereocenters. The lowest BCUT2D eigenvalue weighted by atomic mass is 9.96. The summed E-state index contributed by atoms with van der Waals surface area (Å²) in [5, 5.41) is 12.2. The van der Waals surface area contributed by atoms with Gasteiger partial charge in [0.1, 0.15) is 0 Å². The molecule has 0 saturated heterocycles. The maximum atomic E-state index is 9.42. The molecule has 1 aromatic carbocycles. The highest BCUT2D eigenvalue weighted by Crippen LogP contribution is 2.24. The Morgan fingerprint density at radius 3 is 2.50 bits per heavy atom.